The van der Waals surface area contributed by atoms with Crippen molar-refractivity contribution in [3.8, 4) is 0 Å². The van der Waals surface area contributed by atoms with Crippen molar-refractivity contribution < 1.29 is 19.0 Å². The molecule has 2 rings (SSSR count). The first-order valence-electron chi connectivity index (χ1n) is 7.02. The third-order valence-electron chi connectivity index (χ3n) is 3.64. The molecule has 6 heteroatoms. The van der Waals surface area contributed by atoms with Gasteiger partial charge in [-0.15, -0.1) is 0 Å². The van der Waals surface area contributed by atoms with Crippen LogP contribution in [0, 0.1) is 12.7 Å². The number of hydrogen-bond acceptors (Lipinski definition) is 4. The van der Waals surface area contributed by atoms with Gasteiger partial charge in [-0.1, -0.05) is 6.07 Å². The van der Waals surface area contributed by atoms with Gasteiger partial charge >= 0.3 is 0 Å². The molecule has 1 amide bonds. The van der Waals surface area contributed by atoms with Gasteiger partial charge in [-0.3, -0.25) is 9.69 Å². The second kappa shape index (κ2) is 6.98. The molecule has 1 fully saturated rings. The minimum Gasteiger partial charge on any atom is -0.394 e. The summed E-state index contributed by atoms with van der Waals surface area (Å²) in [5.74, 6) is -0.545. The van der Waals surface area contributed by atoms with Crippen molar-refractivity contribution in [2.45, 2.75) is 26.0 Å². The molecule has 0 saturated carbocycles. The molecule has 0 spiro atoms. The lowest BCUT2D eigenvalue weighted by molar-refractivity contribution is -0.122. The summed E-state index contributed by atoms with van der Waals surface area (Å²) in [6.07, 6.45) is -0.259. The molecule has 0 aromatic heterocycles. The molecule has 21 heavy (non-hydrogen) atoms. The maximum atomic E-state index is 13.4. The molecule has 1 heterocycles. The summed E-state index contributed by atoms with van der Waals surface area (Å²) in [6.45, 7) is 4.76. The van der Waals surface area contributed by atoms with Crippen molar-refractivity contribution in [1.82, 2.24) is 4.90 Å². The Morgan fingerprint density at radius 2 is 2.33 bits per heavy atom. The van der Waals surface area contributed by atoms with E-state index in [0.29, 0.717) is 24.4 Å². The van der Waals surface area contributed by atoms with E-state index in [1.54, 1.807) is 19.1 Å². The van der Waals surface area contributed by atoms with Gasteiger partial charge in [0, 0.05) is 18.3 Å². The number of benzene rings is 1. The van der Waals surface area contributed by atoms with Crippen molar-refractivity contribution in [1.29, 1.82) is 0 Å². The maximum Gasteiger partial charge on any atom is 0.238 e. The summed E-state index contributed by atoms with van der Waals surface area (Å²) in [7, 11) is 0. The second-order valence-corrected chi connectivity index (χ2v) is 5.43. The van der Waals surface area contributed by atoms with Gasteiger partial charge in [-0.05, 0) is 31.5 Å². The van der Waals surface area contributed by atoms with Crippen molar-refractivity contribution >= 4 is 11.6 Å². The van der Waals surface area contributed by atoms with Crippen molar-refractivity contribution in [2.24, 2.45) is 0 Å². The third kappa shape index (κ3) is 4.23. The first kappa shape index (κ1) is 15.9. The average molecular weight is 296 g/mol. The number of anilines is 1. The Morgan fingerprint density at radius 3 is 3.00 bits per heavy atom. The van der Waals surface area contributed by atoms with Gasteiger partial charge in [0.25, 0.3) is 0 Å². The molecular formula is C15H21FN2O3. The number of rotatable bonds is 4. The number of nitrogens with zero attached hydrogens (tertiary/aromatic N) is 1. The molecule has 0 aliphatic carbocycles. The van der Waals surface area contributed by atoms with E-state index in [9.17, 15) is 9.18 Å². The summed E-state index contributed by atoms with van der Waals surface area (Å²) < 4.78 is 18.9. The molecule has 5 nitrogen and oxygen atoms in total. The molecule has 2 N–H and O–H groups in total. The van der Waals surface area contributed by atoms with Crippen LogP contribution in [0.3, 0.4) is 0 Å². The SMILES string of the molecule is Cc1ccc(NC(=O)CN2CC(CO)OCC2C)cc1F. The van der Waals surface area contributed by atoms with E-state index in [1.165, 1.54) is 6.07 Å². The lowest BCUT2D eigenvalue weighted by Gasteiger charge is -2.36. The number of halogens is 1. The van der Waals surface area contributed by atoms with Gasteiger partial charge in [-0.2, -0.15) is 0 Å². The minimum absolute atomic E-state index is 0.0615. The van der Waals surface area contributed by atoms with Crippen molar-refractivity contribution in [3.05, 3.63) is 29.6 Å². The fraction of sp³-hybridized carbons (Fsp3) is 0.533. The minimum atomic E-state index is -0.340. The predicted molar refractivity (Wildman–Crippen MR) is 77.6 cm³/mol. The number of amides is 1. The van der Waals surface area contributed by atoms with Crippen LogP contribution in [0.5, 0.6) is 0 Å². The van der Waals surface area contributed by atoms with Crippen LogP contribution < -0.4 is 5.32 Å². The number of aryl methyl sites for hydroxylation is 1. The van der Waals surface area contributed by atoms with E-state index in [-0.39, 0.29) is 37.0 Å². The first-order chi connectivity index (χ1) is 9.99. The molecule has 1 aromatic rings. The van der Waals surface area contributed by atoms with Crippen LogP contribution in [-0.4, -0.2) is 54.4 Å². The molecule has 1 aliphatic rings. The fourth-order valence-electron chi connectivity index (χ4n) is 2.26. The Hall–Kier alpha value is -1.50. The molecular weight excluding hydrogens is 275 g/mol. The highest BCUT2D eigenvalue weighted by Gasteiger charge is 2.27. The molecule has 2 unspecified atom stereocenters. The molecule has 116 valence electrons. The Balaban J connectivity index is 1.92. The molecule has 1 aromatic carbocycles. The molecule has 0 bridgehead atoms. The van der Waals surface area contributed by atoms with Crippen molar-refractivity contribution in [2.75, 3.05) is 31.6 Å². The van der Waals surface area contributed by atoms with E-state index in [0.717, 1.165) is 0 Å². The summed E-state index contributed by atoms with van der Waals surface area (Å²) in [4.78, 5) is 14.0. The fourth-order valence-corrected chi connectivity index (χ4v) is 2.26. The van der Waals surface area contributed by atoms with Gasteiger partial charge < -0.3 is 15.2 Å². The Labute approximate surface area is 123 Å². The lowest BCUT2D eigenvalue weighted by Crippen LogP contribution is -2.51. The largest absolute Gasteiger partial charge is 0.394 e. The first-order valence-corrected chi connectivity index (χ1v) is 7.02. The highest BCUT2D eigenvalue weighted by molar-refractivity contribution is 5.92. The number of ether oxygens (including phenoxy) is 1. The number of aliphatic hydroxyl groups is 1. The third-order valence-corrected chi connectivity index (χ3v) is 3.64. The predicted octanol–water partition coefficient (Wildman–Crippen LogP) is 1.15. The smallest absolute Gasteiger partial charge is 0.238 e. The van der Waals surface area contributed by atoms with Crippen LogP contribution in [0.1, 0.15) is 12.5 Å². The molecule has 1 aliphatic heterocycles. The lowest BCUT2D eigenvalue weighted by atomic mass is 10.2. The Kier molecular flexibility index (Phi) is 5.27. The quantitative estimate of drug-likeness (QED) is 0.875. The van der Waals surface area contributed by atoms with E-state index in [1.807, 2.05) is 11.8 Å². The van der Waals surface area contributed by atoms with Crippen LogP contribution in [0.15, 0.2) is 18.2 Å². The van der Waals surface area contributed by atoms with Crippen molar-refractivity contribution in [3.63, 3.8) is 0 Å². The number of carbonyl (C=O) groups is 1. The zero-order chi connectivity index (χ0) is 15.4. The van der Waals surface area contributed by atoms with E-state index in [2.05, 4.69) is 5.32 Å². The van der Waals surface area contributed by atoms with Gasteiger partial charge in [0.15, 0.2) is 0 Å². The zero-order valence-electron chi connectivity index (χ0n) is 12.3. The Bertz CT molecular complexity index is 510. The van der Waals surface area contributed by atoms with Crippen LogP contribution in [0.2, 0.25) is 0 Å². The van der Waals surface area contributed by atoms with Crippen LogP contribution in [0.25, 0.3) is 0 Å². The topological polar surface area (TPSA) is 61.8 Å². The summed E-state index contributed by atoms with van der Waals surface area (Å²) >= 11 is 0. The number of aliphatic hydroxyl groups excluding tert-OH is 1. The second-order valence-electron chi connectivity index (χ2n) is 5.43. The van der Waals surface area contributed by atoms with E-state index < -0.39 is 0 Å². The van der Waals surface area contributed by atoms with Gasteiger partial charge in [-0.25, -0.2) is 4.39 Å². The van der Waals surface area contributed by atoms with Crippen LogP contribution >= 0.6 is 0 Å². The summed E-state index contributed by atoms with van der Waals surface area (Å²) in [5, 5.41) is 11.8. The van der Waals surface area contributed by atoms with E-state index >= 15 is 0 Å². The number of morpholine rings is 1. The standard InChI is InChI=1S/C15H21FN2O3/c1-10-3-4-12(5-14(10)16)17-15(20)7-18-6-13(8-19)21-9-11(18)2/h3-5,11,13,19H,6-9H2,1-2H3,(H,17,20). The summed E-state index contributed by atoms with van der Waals surface area (Å²) in [5.41, 5.74) is 0.989. The van der Waals surface area contributed by atoms with Gasteiger partial charge in [0.1, 0.15) is 5.82 Å². The zero-order valence-corrected chi connectivity index (χ0v) is 12.3. The Morgan fingerprint density at radius 1 is 1.57 bits per heavy atom. The van der Waals surface area contributed by atoms with Crippen LogP contribution in [-0.2, 0) is 9.53 Å². The molecule has 0 radical (unpaired) electrons. The van der Waals surface area contributed by atoms with E-state index in [4.69, 9.17) is 9.84 Å². The monoisotopic (exact) mass is 296 g/mol. The van der Waals surface area contributed by atoms with Crippen LogP contribution in [0.4, 0.5) is 10.1 Å². The summed E-state index contributed by atoms with van der Waals surface area (Å²) in [6, 6.07) is 4.72. The highest BCUT2D eigenvalue weighted by Crippen LogP contribution is 2.15. The molecule has 1 saturated heterocycles. The highest BCUT2D eigenvalue weighted by atomic mass is 19.1. The van der Waals surface area contributed by atoms with Gasteiger partial charge in [0.2, 0.25) is 5.91 Å². The molecule has 2 atom stereocenters. The number of carbonyl (C=O) groups excluding carboxylic acids is 1. The normalized spacial score (nSPS) is 23.0. The number of hydrogen-bond donors (Lipinski definition) is 2. The number of nitrogens with one attached hydrogen (secondary N) is 1. The van der Waals surface area contributed by atoms with Gasteiger partial charge in [0.05, 0.1) is 25.9 Å². The maximum absolute atomic E-state index is 13.4. The average Bonchev–Trinajstić information content (AvgIpc) is 2.45.